The Morgan fingerprint density at radius 1 is 1.26 bits per heavy atom. The minimum absolute atomic E-state index is 0.0898. The Labute approximate surface area is 157 Å². The Hall–Kier alpha value is -2.09. The molecule has 5 nitrogen and oxygen atoms in total. The smallest absolute Gasteiger partial charge is 0.346 e. The summed E-state index contributed by atoms with van der Waals surface area (Å²) in [7, 11) is 0. The van der Waals surface area contributed by atoms with Crippen molar-refractivity contribution in [2.75, 3.05) is 25.0 Å². The van der Waals surface area contributed by atoms with Crippen LogP contribution in [-0.4, -0.2) is 48.6 Å². The average molecular weight is 385 g/mol. The largest absolute Gasteiger partial charge is 0.393 e. The molecular formula is C19H26F3N3O2. The molecule has 2 atom stereocenters. The van der Waals surface area contributed by atoms with Gasteiger partial charge in [-0.3, -0.25) is 14.5 Å². The van der Waals surface area contributed by atoms with Crippen LogP contribution in [0.1, 0.15) is 30.9 Å². The Balaban J connectivity index is 1.86. The molecule has 2 N–H and O–H groups in total. The van der Waals surface area contributed by atoms with Crippen LogP contribution in [0.5, 0.6) is 0 Å². The van der Waals surface area contributed by atoms with Crippen molar-refractivity contribution in [1.29, 1.82) is 0 Å². The van der Waals surface area contributed by atoms with Crippen molar-refractivity contribution in [3.8, 4) is 0 Å². The summed E-state index contributed by atoms with van der Waals surface area (Å²) in [5, 5.41) is 5.28. The molecule has 1 aromatic rings. The lowest BCUT2D eigenvalue weighted by atomic mass is 9.96. The molecule has 2 amide bonds. The predicted molar refractivity (Wildman–Crippen MR) is 97.4 cm³/mol. The van der Waals surface area contributed by atoms with Gasteiger partial charge in [0.05, 0.1) is 18.5 Å². The van der Waals surface area contributed by atoms with E-state index in [0.29, 0.717) is 18.7 Å². The third-order valence-corrected chi connectivity index (χ3v) is 5.01. The van der Waals surface area contributed by atoms with E-state index in [9.17, 15) is 22.8 Å². The van der Waals surface area contributed by atoms with Gasteiger partial charge in [-0.05, 0) is 51.3 Å². The molecular weight excluding hydrogens is 359 g/mol. The van der Waals surface area contributed by atoms with Crippen molar-refractivity contribution in [2.45, 2.75) is 45.8 Å². The maximum atomic E-state index is 12.9. The summed E-state index contributed by atoms with van der Waals surface area (Å²) < 4.78 is 38.8. The second-order valence-corrected chi connectivity index (χ2v) is 7.08. The van der Waals surface area contributed by atoms with E-state index in [1.807, 2.05) is 32.0 Å². The molecule has 0 aromatic heterocycles. The molecule has 1 heterocycles. The molecule has 1 saturated heterocycles. The first kappa shape index (κ1) is 21.2. The van der Waals surface area contributed by atoms with Crippen LogP contribution in [0.3, 0.4) is 0 Å². The zero-order chi connectivity index (χ0) is 20.2. The van der Waals surface area contributed by atoms with Gasteiger partial charge >= 0.3 is 6.18 Å². The predicted octanol–water partition coefficient (Wildman–Crippen LogP) is 3.02. The van der Waals surface area contributed by atoms with E-state index < -0.39 is 24.0 Å². The van der Waals surface area contributed by atoms with Crippen LogP contribution >= 0.6 is 0 Å². The molecule has 0 radical (unpaired) electrons. The van der Waals surface area contributed by atoms with E-state index in [0.717, 1.165) is 11.1 Å². The first-order chi connectivity index (χ1) is 12.6. The van der Waals surface area contributed by atoms with Crippen molar-refractivity contribution in [3.63, 3.8) is 0 Å². The second kappa shape index (κ2) is 8.73. The minimum atomic E-state index is -4.25. The number of piperidine rings is 1. The molecule has 1 aliphatic rings. The SMILES string of the molecule is Cc1cccc(C)c1NC(=O)CNC(=O)[C@H](C)N1CCC[C@H](C(F)(F)F)C1. The summed E-state index contributed by atoms with van der Waals surface area (Å²) in [6.45, 7) is 5.33. The Kier molecular flexibility index (Phi) is 6.86. The number of alkyl halides is 3. The summed E-state index contributed by atoms with van der Waals surface area (Å²) in [5.74, 6) is -2.23. The topological polar surface area (TPSA) is 61.4 Å². The number of amides is 2. The molecule has 0 aliphatic carbocycles. The normalized spacial score (nSPS) is 19.4. The number of rotatable bonds is 5. The fraction of sp³-hybridized carbons (Fsp3) is 0.579. The number of nitrogens with one attached hydrogen (secondary N) is 2. The van der Waals surface area contributed by atoms with E-state index in [-0.39, 0.29) is 25.4 Å². The van der Waals surface area contributed by atoms with E-state index in [4.69, 9.17) is 0 Å². The van der Waals surface area contributed by atoms with Crippen LogP contribution in [0.25, 0.3) is 0 Å². The lowest BCUT2D eigenvalue weighted by Crippen LogP contribution is -2.52. The highest BCUT2D eigenvalue weighted by Gasteiger charge is 2.43. The molecule has 0 spiro atoms. The number of benzene rings is 1. The van der Waals surface area contributed by atoms with Crippen molar-refractivity contribution in [1.82, 2.24) is 10.2 Å². The number of carbonyl (C=O) groups excluding carboxylic acids is 2. The van der Waals surface area contributed by atoms with Gasteiger partial charge in [-0.25, -0.2) is 0 Å². The van der Waals surface area contributed by atoms with Gasteiger partial charge in [0.15, 0.2) is 0 Å². The van der Waals surface area contributed by atoms with Gasteiger partial charge < -0.3 is 10.6 Å². The Morgan fingerprint density at radius 2 is 1.89 bits per heavy atom. The Morgan fingerprint density at radius 3 is 2.48 bits per heavy atom. The molecule has 0 saturated carbocycles. The number of para-hydroxylation sites is 1. The number of carbonyl (C=O) groups is 2. The zero-order valence-corrected chi connectivity index (χ0v) is 15.8. The standard InChI is InChI=1S/C19H26F3N3O2/c1-12-6-4-7-13(2)17(12)24-16(26)10-23-18(27)14(3)25-9-5-8-15(11-25)19(20,21)22/h4,6-7,14-15H,5,8-11H2,1-3H3,(H,23,27)(H,24,26)/t14-,15-/m0/s1. The molecule has 1 aliphatic heterocycles. The highest BCUT2D eigenvalue weighted by atomic mass is 19.4. The van der Waals surface area contributed by atoms with E-state index in [2.05, 4.69) is 10.6 Å². The molecule has 1 fully saturated rings. The van der Waals surface area contributed by atoms with Crippen LogP contribution in [0.15, 0.2) is 18.2 Å². The highest BCUT2D eigenvalue weighted by molar-refractivity contribution is 5.96. The van der Waals surface area contributed by atoms with Gasteiger partial charge in [-0.15, -0.1) is 0 Å². The quantitative estimate of drug-likeness (QED) is 0.819. The van der Waals surface area contributed by atoms with Crippen molar-refractivity contribution < 1.29 is 22.8 Å². The van der Waals surface area contributed by atoms with Gasteiger partial charge in [0.1, 0.15) is 0 Å². The van der Waals surface area contributed by atoms with Crippen molar-refractivity contribution >= 4 is 17.5 Å². The first-order valence-corrected chi connectivity index (χ1v) is 9.04. The van der Waals surface area contributed by atoms with E-state index in [1.54, 1.807) is 6.92 Å². The molecule has 2 rings (SSSR count). The van der Waals surface area contributed by atoms with Crippen LogP contribution in [-0.2, 0) is 9.59 Å². The maximum absolute atomic E-state index is 12.9. The van der Waals surface area contributed by atoms with Crippen molar-refractivity contribution in [2.24, 2.45) is 5.92 Å². The molecule has 0 bridgehead atoms. The monoisotopic (exact) mass is 385 g/mol. The third kappa shape index (κ3) is 5.69. The molecule has 27 heavy (non-hydrogen) atoms. The lowest BCUT2D eigenvalue weighted by molar-refractivity contribution is -0.188. The summed E-state index contributed by atoms with van der Waals surface area (Å²) in [5.41, 5.74) is 2.53. The van der Waals surface area contributed by atoms with Crippen LogP contribution in [0.4, 0.5) is 18.9 Å². The number of hydrogen-bond acceptors (Lipinski definition) is 3. The van der Waals surface area contributed by atoms with Crippen LogP contribution < -0.4 is 10.6 Å². The van der Waals surface area contributed by atoms with E-state index in [1.165, 1.54) is 4.90 Å². The van der Waals surface area contributed by atoms with Gasteiger partial charge in [0.25, 0.3) is 0 Å². The second-order valence-electron chi connectivity index (χ2n) is 7.08. The fourth-order valence-corrected chi connectivity index (χ4v) is 3.30. The van der Waals surface area contributed by atoms with Crippen LogP contribution in [0, 0.1) is 19.8 Å². The number of likely N-dealkylation sites (tertiary alicyclic amines) is 1. The van der Waals surface area contributed by atoms with Crippen LogP contribution in [0.2, 0.25) is 0 Å². The molecule has 1 aromatic carbocycles. The number of aryl methyl sites for hydroxylation is 2. The average Bonchev–Trinajstić information content (AvgIpc) is 2.61. The summed E-state index contributed by atoms with van der Waals surface area (Å²) in [4.78, 5) is 25.9. The number of anilines is 1. The summed E-state index contributed by atoms with van der Waals surface area (Å²) in [6.07, 6.45) is -3.76. The van der Waals surface area contributed by atoms with Crippen molar-refractivity contribution in [3.05, 3.63) is 29.3 Å². The number of hydrogen-bond donors (Lipinski definition) is 2. The highest BCUT2D eigenvalue weighted by Crippen LogP contribution is 2.33. The minimum Gasteiger partial charge on any atom is -0.346 e. The van der Waals surface area contributed by atoms with Gasteiger partial charge in [-0.1, -0.05) is 18.2 Å². The molecule has 8 heteroatoms. The fourth-order valence-electron chi connectivity index (χ4n) is 3.30. The summed E-state index contributed by atoms with van der Waals surface area (Å²) >= 11 is 0. The van der Waals surface area contributed by atoms with Gasteiger partial charge in [-0.2, -0.15) is 13.2 Å². The van der Waals surface area contributed by atoms with E-state index >= 15 is 0 Å². The Bertz CT molecular complexity index is 671. The number of nitrogens with zero attached hydrogens (tertiary/aromatic N) is 1. The summed E-state index contributed by atoms with van der Waals surface area (Å²) in [6, 6.07) is 4.91. The lowest BCUT2D eigenvalue weighted by Gasteiger charge is -2.36. The third-order valence-electron chi connectivity index (χ3n) is 5.01. The van der Waals surface area contributed by atoms with Gasteiger partial charge in [0.2, 0.25) is 11.8 Å². The molecule has 0 unspecified atom stereocenters. The first-order valence-electron chi connectivity index (χ1n) is 9.04. The number of halogens is 3. The zero-order valence-electron chi connectivity index (χ0n) is 15.8. The maximum Gasteiger partial charge on any atom is 0.393 e. The molecule has 150 valence electrons. The van der Waals surface area contributed by atoms with Gasteiger partial charge in [0, 0.05) is 12.2 Å².